The molecule has 2 heterocycles. The molecule has 0 spiro atoms. The van der Waals surface area contributed by atoms with Gasteiger partial charge in [-0.05, 0) is 24.0 Å². The Kier molecular flexibility index (Phi) is 4.02. The van der Waals surface area contributed by atoms with Gasteiger partial charge in [0.1, 0.15) is 6.04 Å². The third kappa shape index (κ3) is 2.78. The lowest BCUT2D eigenvalue weighted by Gasteiger charge is -2.29. The Balaban J connectivity index is 1.74. The fourth-order valence-corrected chi connectivity index (χ4v) is 3.45. The molecule has 0 aliphatic carbocycles. The minimum absolute atomic E-state index is 0.109. The van der Waals surface area contributed by atoms with Crippen molar-refractivity contribution in [2.75, 3.05) is 18.4 Å². The van der Waals surface area contributed by atoms with Crippen molar-refractivity contribution in [1.29, 1.82) is 0 Å². The number of carbonyl (C=O) groups is 2. The van der Waals surface area contributed by atoms with Crippen molar-refractivity contribution in [3.8, 4) is 0 Å². The summed E-state index contributed by atoms with van der Waals surface area (Å²) in [6.45, 7) is 1.02. The number of hydrogen-bond acceptors (Lipinski definition) is 4. The number of nitrogens with two attached hydrogens (primary N) is 1. The molecule has 0 bridgehead atoms. The normalized spacial score (nSPS) is 27.1. The summed E-state index contributed by atoms with van der Waals surface area (Å²) in [7, 11) is 0. The molecule has 1 unspecified atom stereocenters. The molecule has 0 radical (unpaired) electrons. The summed E-state index contributed by atoms with van der Waals surface area (Å²) in [5.41, 5.74) is 7.55. The second-order valence-corrected chi connectivity index (χ2v) is 6.06. The number of likely N-dealkylation sites (tertiary alicyclic amines) is 1. The van der Waals surface area contributed by atoms with E-state index in [-0.39, 0.29) is 24.8 Å². The number of β-amino-alcohol motifs (C(OH)–C–C–N with tert-alkyl or cyclic N) is 1. The van der Waals surface area contributed by atoms with E-state index in [4.69, 9.17) is 5.73 Å². The first-order chi connectivity index (χ1) is 10.6. The van der Waals surface area contributed by atoms with Crippen molar-refractivity contribution >= 4 is 17.5 Å². The number of benzene rings is 1. The minimum Gasteiger partial charge on any atom is -0.391 e. The first-order valence-corrected chi connectivity index (χ1v) is 7.66. The van der Waals surface area contributed by atoms with Crippen molar-refractivity contribution in [3.63, 3.8) is 0 Å². The predicted octanol–water partition coefficient (Wildman–Crippen LogP) is 0.423. The maximum atomic E-state index is 12.6. The first kappa shape index (κ1) is 14.8. The summed E-state index contributed by atoms with van der Waals surface area (Å²) in [5, 5.41) is 13.1. The molecule has 2 amide bonds. The average Bonchev–Trinajstić information content (AvgIpc) is 2.90. The highest BCUT2D eigenvalue weighted by Crippen LogP contribution is 2.34. The van der Waals surface area contributed by atoms with Crippen LogP contribution in [0.5, 0.6) is 0 Å². The Morgan fingerprint density at radius 3 is 2.91 bits per heavy atom. The SMILES string of the molecule is NC(=O)[C@@H]1C[C@@H](O)CN1C(=O)CC1CCNc2ccccc21. The standard InChI is InChI=1S/C16H21N3O3/c17-16(22)14-8-11(20)9-19(14)15(21)7-10-5-6-18-13-4-2-1-3-12(10)13/h1-4,10-11,14,18,20H,5-9H2,(H2,17,22)/t10?,11-,14+/m1/s1. The van der Waals surface area contributed by atoms with Crippen molar-refractivity contribution < 1.29 is 14.7 Å². The summed E-state index contributed by atoms with van der Waals surface area (Å²) in [4.78, 5) is 25.5. The van der Waals surface area contributed by atoms with Crippen LogP contribution in [-0.2, 0) is 9.59 Å². The zero-order chi connectivity index (χ0) is 15.7. The molecule has 0 aromatic heterocycles. The van der Waals surface area contributed by atoms with Gasteiger partial charge in [0.15, 0.2) is 0 Å². The fraction of sp³-hybridized carbons (Fsp3) is 0.500. The largest absolute Gasteiger partial charge is 0.391 e. The molecule has 2 aliphatic rings. The van der Waals surface area contributed by atoms with Crippen LogP contribution in [0, 0.1) is 0 Å². The second-order valence-electron chi connectivity index (χ2n) is 6.06. The lowest BCUT2D eigenvalue weighted by atomic mass is 9.88. The molecule has 6 heteroatoms. The molecular formula is C16H21N3O3. The lowest BCUT2D eigenvalue weighted by molar-refractivity contribution is -0.137. The summed E-state index contributed by atoms with van der Waals surface area (Å²) in [6, 6.07) is 7.30. The third-order valence-electron chi connectivity index (χ3n) is 4.56. The molecule has 6 nitrogen and oxygen atoms in total. The number of fused-ring (bicyclic) bond motifs is 1. The van der Waals surface area contributed by atoms with Crippen LogP contribution in [-0.4, -0.2) is 47.1 Å². The number of carbonyl (C=O) groups excluding carboxylic acids is 2. The Bertz CT molecular complexity index is 590. The molecule has 1 aromatic rings. The lowest BCUT2D eigenvalue weighted by Crippen LogP contribution is -2.44. The Morgan fingerprint density at radius 1 is 1.36 bits per heavy atom. The van der Waals surface area contributed by atoms with Crippen LogP contribution < -0.4 is 11.1 Å². The van der Waals surface area contributed by atoms with Crippen LogP contribution in [0.25, 0.3) is 0 Å². The van der Waals surface area contributed by atoms with Gasteiger partial charge < -0.3 is 21.1 Å². The van der Waals surface area contributed by atoms with Gasteiger partial charge in [-0.2, -0.15) is 0 Å². The maximum Gasteiger partial charge on any atom is 0.240 e. The summed E-state index contributed by atoms with van der Waals surface area (Å²) in [6.07, 6.45) is 0.793. The van der Waals surface area contributed by atoms with E-state index < -0.39 is 18.1 Å². The number of rotatable bonds is 3. The van der Waals surface area contributed by atoms with Crippen LogP contribution in [0.2, 0.25) is 0 Å². The van der Waals surface area contributed by atoms with Gasteiger partial charge in [-0.15, -0.1) is 0 Å². The number of aliphatic hydroxyl groups is 1. The topological polar surface area (TPSA) is 95.7 Å². The maximum absolute atomic E-state index is 12.6. The Labute approximate surface area is 129 Å². The number of anilines is 1. The monoisotopic (exact) mass is 303 g/mol. The van der Waals surface area contributed by atoms with E-state index in [9.17, 15) is 14.7 Å². The number of hydrogen-bond donors (Lipinski definition) is 3. The fourth-order valence-electron chi connectivity index (χ4n) is 3.45. The molecule has 2 aliphatic heterocycles. The molecule has 118 valence electrons. The van der Waals surface area contributed by atoms with Gasteiger partial charge in [-0.1, -0.05) is 18.2 Å². The number of amides is 2. The second kappa shape index (κ2) is 5.96. The summed E-state index contributed by atoms with van der Waals surface area (Å²) in [5.74, 6) is -0.520. The van der Waals surface area contributed by atoms with Gasteiger partial charge in [0, 0.05) is 31.6 Å². The number of para-hydroxylation sites is 1. The van der Waals surface area contributed by atoms with Crippen molar-refractivity contribution in [1.82, 2.24) is 4.90 Å². The van der Waals surface area contributed by atoms with E-state index in [2.05, 4.69) is 5.32 Å². The summed E-state index contributed by atoms with van der Waals surface area (Å²) >= 11 is 0. The van der Waals surface area contributed by atoms with E-state index in [1.807, 2.05) is 24.3 Å². The van der Waals surface area contributed by atoms with Gasteiger partial charge >= 0.3 is 0 Å². The van der Waals surface area contributed by atoms with E-state index in [0.717, 1.165) is 24.2 Å². The number of primary amides is 1. The molecule has 0 saturated carbocycles. The van der Waals surface area contributed by atoms with E-state index in [1.165, 1.54) is 4.90 Å². The molecule has 3 atom stereocenters. The Morgan fingerprint density at radius 2 is 2.14 bits per heavy atom. The zero-order valence-electron chi connectivity index (χ0n) is 12.4. The molecule has 3 rings (SSSR count). The van der Waals surface area contributed by atoms with Crippen LogP contribution in [0.4, 0.5) is 5.69 Å². The smallest absolute Gasteiger partial charge is 0.240 e. The van der Waals surface area contributed by atoms with Gasteiger partial charge in [0.25, 0.3) is 0 Å². The third-order valence-corrected chi connectivity index (χ3v) is 4.56. The van der Waals surface area contributed by atoms with Gasteiger partial charge in [0.2, 0.25) is 11.8 Å². The quantitative estimate of drug-likeness (QED) is 0.754. The highest BCUT2D eigenvalue weighted by Gasteiger charge is 2.38. The van der Waals surface area contributed by atoms with Crippen LogP contribution in [0.1, 0.15) is 30.7 Å². The molecule has 1 fully saturated rings. The van der Waals surface area contributed by atoms with E-state index >= 15 is 0 Å². The predicted molar refractivity (Wildman–Crippen MR) is 82.2 cm³/mol. The molecule has 1 aromatic carbocycles. The van der Waals surface area contributed by atoms with Crippen LogP contribution in [0.15, 0.2) is 24.3 Å². The number of nitrogens with zero attached hydrogens (tertiary/aromatic N) is 1. The molecule has 1 saturated heterocycles. The molecule has 4 N–H and O–H groups in total. The first-order valence-electron chi connectivity index (χ1n) is 7.66. The van der Waals surface area contributed by atoms with Crippen molar-refractivity contribution in [2.24, 2.45) is 5.73 Å². The highest BCUT2D eigenvalue weighted by atomic mass is 16.3. The highest BCUT2D eigenvalue weighted by molar-refractivity contribution is 5.87. The zero-order valence-corrected chi connectivity index (χ0v) is 12.4. The van der Waals surface area contributed by atoms with Gasteiger partial charge in [-0.25, -0.2) is 0 Å². The van der Waals surface area contributed by atoms with Crippen LogP contribution >= 0.6 is 0 Å². The van der Waals surface area contributed by atoms with Crippen molar-refractivity contribution in [3.05, 3.63) is 29.8 Å². The molecular weight excluding hydrogens is 282 g/mol. The number of aliphatic hydroxyl groups excluding tert-OH is 1. The van der Waals surface area contributed by atoms with E-state index in [1.54, 1.807) is 0 Å². The minimum atomic E-state index is -0.681. The van der Waals surface area contributed by atoms with Crippen LogP contribution in [0.3, 0.4) is 0 Å². The molecule has 22 heavy (non-hydrogen) atoms. The average molecular weight is 303 g/mol. The summed E-state index contributed by atoms with van der Waals surface area (Å²) < 4.78 is 0. The Hall–Kier alpha value is -2.08. The number of nitrogens with one attached hydrogen (secondary N) is 1. The van der Waals surface area contributed by atoms with Gasteiger partial charge in [-0.3, -0.25) is 9.59 Å². The van der Waals surface area contributed by atoms with Gasteiger partial charge in [0.05, 0.1) is 6.10 Å². The van der Waals surface area contributed by atoms with Crippen molar-refractivity contribution in [2.45, 2.75) is 37.3 Å². The van der Waals surface area contributed by atoms with E-state index in [0.29, 0.717) is 6.42 Å².